The quantitative estimate of drug-likeness (QED) is 0.860. The first-order valence-electron chi connectivity index (χ1n) is 6.92. The van der Waals surface area contributed by atoms with Crippen molar-refractivity contribution in [2.75, 3.05) is 0 Å². The van der Waals surface area contributed by atoms with Crippen LogP contribution in [0.25, 0.3) is 5.70 Å². The summed E-state index contributed by atoms with van der Waals surface area (Å²) in [6, 6.07) is 10.2. The van der Waals surface area contributed by atoms with Crippen LogP contribution < -0.4 is 5.32 Å². The Balaban J connectivity index is 1.76. The lowest BCUT2D eigenvalue weighted by Gasteiger charge is -2.31. The van der Waals surface area contributed by atoms with Crippen LogP contribution >= 0.6 is 0 Å². The number of allylic oxidation sites excluding steroid dienone is 1. The summed E-state index contributed by atoms with van der Waals surface area (Å²) in [4.78, 5) is 16.8. The van der Waals surface area contributed by atoms with Crippen LogP contribution in [0.5, 0.6) is 0 Å². The van der Waals surface area contributed by atoms with Gasteiger partial charge in [0.05, 0.1) is 11.7 Å². The van der Waals surface area contributed by atoms with Crippen molar-refractivity contribution in [3.8, 4) is 0 Å². The molecule has 0 saturated carbocycles. The molecule has 2 aliphatic rings. The lowest BCUT2D eigenvalue weighted by molar-refractivity contribution is -0.116. The SMILES string of the molecule is O=C1CC(c2ccccc2)NC2=C1CCn1ccnc12. The van der Waals surface area contributed by atoms with Crippen LogP contribution in [0.4, 0.5) is 0 Å². The summed E-state index contributed by atoms with van der Waals surface area (Å²) in [5.74, 6) is 1.14. The Morgan fingerprint density at radius 3 is 2.95 bits per heavy atom. The van der Waals surface area contributed by atoms with Gasteiger partial charge >= 0.3 is 0 Å². The van der Waals surface area contributed by atoms with Crippen molar-refractivity contribution in [1.29, 1.82) is 0 Å². The third-order valence-electron chi connectivity index (χ3n) is 4.09. The lowest BCUT2D eigenvalue weighted by atomic mass is 9.89. The first-order chi connectivity index (χ1) is 9.83. The predicted octanol–water partition coefficient (Wildman–Crippen LogP) is 2.30. The molecular formula is C16H15N3O. The van der Waals surface area contributed by atoms with Crippen molar-refractivity contribution in [2.24, 2.45) is 0 Å². The average Bonchev–Trinajstić information content (AvgIpc) is 2.97. The first-order valence-corrected chi connectivity index (χ1v) is 6.92. The molecule has 2 aliphatic heterocycles. The molecule has 2 aromatic rings. The molecule has 20 heavy (non-hydrogen) atoms. The van der Waals surface area contributed by atoms with Gasteiger partial charge in [0.2, 0.25) is 0 Å². The monoisotopic (exact) mass is 265 g/mol. The van der Waals surface area contributed by atoms with Gasteiger partial charge in [-0.2, -0.15) is 0 Å². The summed E-state index contributed by atoms with van der Waals surface area (Å²) in [6.45, 7) is 0.845. The Hall–Kier alpha value is -2.36. The molecule has 4 nitrogen and oxygen atoms in total. The molecule has 1 aromatic heterocycles. The van der Waals surface area contributed by atoms with Crippen molar-refractivity contribution in [3.05, 3.63) is 59.7 Å². The molecule has 0 amide bonds. The number of Topliss-reactive ketones (excluding diaryl/α,β-unsaturated/α-hetero) is 1. The van der Waals surface area contributed by atoms with Gasteiger partial charge in [0.1, 0.15) is 0 Å². The Labute approximate surface area is 117 Å². The fraction of sp³-hybridized carbons (Fsp3) is 0.250. The Bertz CT molecular complexity index is 700. The predicted molar refractivity (Wildman–Crippen MR) is 75.7 cm³/mol. The molecule has 1 N–H and O–H groups in total. The van der Waals surface area contributed by atoms with E-state index < -0.39 is 0 Å². The number of imidazole rings is 1. The van der Waals surface area contributed by atoms with E-state index in [1.54, 1.807) is 6.20 Å². The Kier molecular flexibility index (Phi) is 2.49. The summed E-state index contributed by atoms with van der Waals surface area (Å²) in [5, 5.41) is 3.52. The van der Waals surface area contributed by atoms with Crippen molar-refractivity contribution in [3.63, 3.8) is 0 Å². The van der Waals surface area contributed by atoms with Gasteiger partial charge in [-0.05, 0) is 12.0 Å². The summed E-state index contributed by atoms with van der Waals surface area (Å²) in [6.07, 6.45) is 5.09. The summed E-state index contributed by atoms with van der Waals surface area (Å²) >= 11 is 0. The highest BCUT2D eigenvalue weighted by Crippen LogP contribution is 2.34. The van der Waals surface area contributed by atoms with Gasteiger partial charge in [0.25, 0.3) is 0 Å². The second-order valence-electron chi connectivity index (χ2n) is 5.28. The second-order valence-corrected chi connectivity index (χ2v) is 5.28. The molecule has 4 heteroatoms. The van der Waals surface area contributed by atoms with Crippen molar-refractivity contribution in [1.82, 2.24) is 14.9 Å². The van der Waals surface area contributed by atoms with Crippen LogP contribution in [0.2, 0.25) is 0 Å². The zero-order valence-corrected chi connectivity index (χ0v) is 11.0. The molecule has 100 valence electrons. The number of ketones is 1. The molecule has 0 fully saturated rings. The van der Waals surface area contributed by atoms with E-state index in [-0.39, 0.29) is 11.8 Å². The van der Waals surface area contributed by atoms with E-state index in [1.165, 1.54) is 0 Å². The molecule has 1 atom stereocenters. The van der Waals surface area contributed by atoms with Crippen LogP contribution in [0.1, 0.15) is 30.3 Å². The van der Waals surface area contributed by atoms with Crippen LogP contribution in [0.15, 0.2) is 48.3 Å². The molecule has 4 rings (SSSR count). The second kappa shape index (κ2) is 4.34. The van der Waals surface area contributed by atoms with Gasteiger partial charge in [0, 0.05) is 30.9 Å². The maximum Gasteiger partial charge on any atom is 0.163 e. The van der Waals surface area contributed by atoms with Gasteiger partial charge in [-0.1, -0.05) is 30.3 Å². The molecular weight excluding hydrogens is 250 g/mol. The summed E-state index contributed by atoms with van der Waals surface area (Å²) < 4.78 is 2.10. The fourth-order valence-electron chi connectivity index (χ4n) is 3.06. The van der Waals surface area contributed by atoms with Gasteiger partial charge in [-0.15, -0.1) is 0 Å². The van der Waals surface area contributed by atoms with Crippen LogP contribution in [0.3, 0.4) is 0 Å². The number of carbonyl (C=O) groups is 1. The van der Waals surface area contributed by atoms with E-state index in [1.807, 2.05) is 24.4 Å². The highest BCUT2D eigenvalue weighted by Gasteiger charge is 2.32. The fourth-order valence-corrected chi connectivity index (χ4v) is 3.06. The maximum atomic E-state index is 12.4. The number of nitrogens with zero attached hydrogens (tertiary/aromatic N) is 2. The van der Waals surface area contributed by atoms with Gasteiger partial charge in [-0.25, -0.2) is 4.98 Å². The minimum absolute atomic E-state index is 0.0469. The van der Waals surface area contributed by atoms with Gasteiger partial charge in [0.15, 0.2) is 11.6 Å². The van der Waals surface area contributed by atoms with E-state index in [0.29, 0.717) is 6.42 Å². The van der Waals surface area contributed by atoms with Crippen LogP contribution in [0, 0.1) is 0 Å². The van der Waals surface area contributed by atoms with E-state index in [0.717, 1.165) is 35.6 Å². The molecule has 1 aromatic carbocycles. The topological polar surface area (TPSA) is 46.9 Å². The molecule has 3 heterocycles. The smallest absolute Gasteiger partial charge is 0.163 e. The molecule has 0 radical (unpaired) electrons. The number of fused-ring (bicyclic) bond motifs is 2. The van der Waals surface area contributed by atoms with E-state index in [4.69, 9.17) is 0 Å². The van der Waals surface area contributed by atoms with E-state index in [9.17, 15) is 4.79 Å². The molecule has 0 bridgehead atoms. The Morgan fingerprint density at radius 2 is 2.10 bits per heavy atom. The largest absolute Gasteiger partial charge is 0.374 e. The molecule has 1 unspecified atom stereocenters. The highest BCUT2D eigenvalue weighted by atomic mass is 16.1. The van der Waals surface area contributed by atoms with Crippen LogP contribution in [-0.2, 0) is 11.3 Å². The van der Waals surface area contributed by atoms with Gasteiger partial charge < -0.3 is 9.88 Å². The zero-order valence-electron chi connectivity index (χ0n) is 11.0. The van der Waals surface area contributed by atoms with E-state index in [2.05, 4.69) is 27.0 Å². The van der Waals surface area contributed by atoms with Crippen molar-refractivity contribution >= 4 is 11.5 Å². The third-order valence-corrected chi connectivity index (χ3v) is 4.09. The average molecular weight is 265 g/mol. The number of benzene rings is 1. The number of aromatic nitrogens is 2. The van der Waals surface area contributed by atoms with Crippen molar-refractivity contribution < 1.29 is 4.79 Å². The van der Waals surface area contributed by atoms with E-state index >= 15 is 0 Å². The maximum absolute atomic E-state index is 12.4. The zero-order chi connectivity index (χ0) is 13.5. The summed E-state index contributed by atoms with van der Waals surface area (Å²) in [5.41, 5.74) is 2.98. The number of rotatable bonds is 1. The highest BCUT2D eigenvalue weighted by molar-refractivity contribution is 6.04. The summed E-state index contributed by atoms with van der Waals surface area (Å²) in [7, 11) is 0. The van der Waals surface area contributed by atoms with Crippen LogP contribution in [-0.4, -0.2) is 15.3 Å². The van der Waals surface area contributed by atoms with Crippen molar-refractivity contribution in [2.45, 2.75) is 25.4 Å². The molecule has 0 spiro atoms. The number of nitrogens with one attached hydrogen (secondary N) is 1. The third kappa shape index (κ3) is 1.68. The lowest BCUT2D eigenvalue weighted by Crippen LogP contribution is -2.34. The molecule has 0 aliphatic carbocycles. The number of aryl methyl sites for hydroxylation is 1. The Morgan fingerprint density at radius 1 is 1.25 bits per heavy atom. The van der Waals surface area contributed by atoms with Gasteiger partial charge in [-0.3, -0.25) is 4.79 Å². The number of hydrogen-bond acceptors (Lipinski definition) is 3. The number of hydrogen-bond donors (Lipinski definition) is 1. The normalized spacial score (nSPS) is 21.2. The standard InChI is InChI=1S/C16H15N3O/c20-14-10-13(11-4-2-1-3-5-11)18-15-12(14)6-8-19-9-7-17-16(15)19/h1-5,7,9,13,18H,6,8,10H2. The number of carbonyl (C=O) groups excluding carboxylic acids is 1. The minimum Gasteiger partial charge on any atom is -0.374 e. The first kappa shape index (κ1) is 11.5. The minimum atomic E-state index is 0.0469. The molecule has 0 saturated heterocycles.